The van der Waals surface area contributed by atoms with Crippen LogP contribution in [0.1, 0.15) is 20.7 Å². The molecule has 0 bridgehead atoms. The molecule has 0 saturated carbocycles. The van der Waals surface area contributed by atoms with Crippen molar-refractivity contribution in [2.75, 3.05) is 6.61 Å². The molecule has 0 radical (unpaired) electrons. The quantitative estimate of drug-likeness (QED) is 0.727. The van der Waals surface area contributed by atoms with Crippen molar-refractivity contribution < 1.29 is 27.5 Å². The number of halogens is 1. The topological polar surface area (TPSA) is 133 Å². The van der Waals surface area contributed by atoms with Gasteiger partial charge in [-0.3, -0.25) is 14.9 Å². The normalized spacial score (nSPS) is 10.8. The van der Waals surface area contributed by atoms with Gasteiger partial charge < -0.3 is 4.74 Å². The van der Waals surface area contributed by atoms with Gasteiger partial charge in [-0.2, -0.15) is 0 Å². The minimum Gasteiger partial charge on any atom is -0.452 e. The molecule has 0 aliphatic carbocycles. The van der Waals surface area contributed by atoms with E-state index in [1.54, 1.807) is 18.2 Å². The number of sulfonamides is 1. The van der Waals surface area contributed by atoms with Gasteiger partial charge in [0.15, 0.2) is 6.61 Å². The van der Waals surface area contributed by atoms with Crippen LogP contribution in [-0.2, 0) is 19.6 Å². The molecule has 2 aromatic rings. The van der Waals surface area contributed by atoms with E-state index in [1.807, 2.05) is 0 Å². The molecule has 2 amide bonds. The van der Waals surface area contributed by atoms with E-state index < -0.39 is 39.3 Å². The number of hydrogen-bond donors (Lipinski definition) is 2. The number of amides is 2. The Morgan fingerprint density at radius 2 is 1.69 bits per heavy atom. The Morgan fingerprint density at radius 1 is 1.04 bits per heavy atom. The Morgan fingerprint density at radius 3 is 2.31 bits per heavy atom. The summed E-state index contributed by atoms with van der Waals surface area (Å²) >= 11 is 5.72. The molecule has 10 heteroatoms. The van der Waals surface area contributed by atoms with Crippen LogP contribution in [0, 0.1) is 0 Å². The van der Waals surface area contributed by atoms with Crippen LogP contribution in [0.25, 0.3) is 0 Å². The SMILES string of the molecule is NS(=O)(=O)c1cc(C(=O)OCC(=O)NC(=O)c2ccccc2)ccc1Cl. The van der Waals surface area contributed by atoms with E-state index in [0.717, 1.165) is 12.1 Å². The Bertz CT molecular complexity index is 960. The molecule has 2 rings (SSSR count). The van der Waals surface area contributed by atoms with Gasteiger partial charge in [-0.05, 0) is 30.3 Å². The minimum absolute atomic E-state index is 0.157. The Hall–Kier alpha value is -2.75. The number of rotatable bonds is 5. The summed E-state index contributed by atoms with van der Waals surface area (Å²) in [5, 5.41) is 6.89. The molecule has 0 fully saturated rings. The third kappa shape index (κ3) is 5.12. The summed E-state index contributed by atoms with van der Waals surface area (Å²) in [5.74, 6) is -2.46. The van der Waals surface area contributed by atoms with Crippen LogP contribution in [0.15, 0.2) is 53.4 Å². The van der Waals surface area contributed by atoms with E-state index in [2.05, 4.69) is 5.32 Å². The van der Waals surface area contributed by atoms with Crippen molar-refractivity contribution >= 4 is 39.4 Å². The van der Waals surface area contributed by atoms with Crippen molar-refractivity contribution in [3.05, 3.63) is 64.7 Å². The molecule has 0 aliphatic rings. The molecule has 0 spiro atoms. The van der Waals surface area contributed by atoms with Crippen LogP contribution < -0.4 is 10.5 Å². The maximum Gasteiger partial charge on any atom is 0.338 e. The number of nitrogens with one attached hydrogen (secondary N) is 1. The third-order valence-electron chi connectivity index (χ3n) is 3.10. The molecule has 0 aliphatic heterocycles. The minimum atomic E-state index is -4.13. The molecule has 8 nitrogen and oxygen atoms in total. The van der Waals surface area contributed by atoms with Gasteiger partial charge in [0.1, 0.15) is 4.90 Å². The Kier molecular flexibility index (Phi) is 6.09. The van der Waals surface area contributed by atoms with Crippen molar-refractivity contribution in [3.8, 4) is 0 Å². The lowest BCUT2D eigenvalue weighted by Gasteiger charge is -2.07. The van der Waals surface area contributed by atoms with Crippen LogP contribution in [0.2, 0.25) is 5.02 Å². The smallest absolute Gasteiger partial charge is 0.338 e. The lowest BCUT2D eigenvalue weighted by atomic mass is 10.2. The van der Waals surface area contributed by atoms with Crippen LogP contribution in [0.5, 0.6) is 0 Å². The van der Waals surface area contributed by atoms with Crippen LogP contribution in [0.3, 0.4) is 0 Å². The Labute approximate surface area is 154 Å². The summed E-state index contributed by atoms with van der Waals surface area (Å²) in [7, 11) is -4.13. The van der Waals surface area contributed by atoms with E-state index in [1.165, 1.54) is 18.2 Å². The third-order valence-corrected chi connectivity index (χ3v) is 4.49. The summed E-state index contributed by atoms with van der Waals surface area (Å²) in [6.45, 7) is -0.731. The van der Waals surface area contributed by atoms with Gasteiger partial charge >= 0.3 is 5.97 Å². The average Bonchev–Trinajstić information content (AvgIpc) is 2.59. The maximum atomic E-state index is 11.9. The zero-order valence-corrected chi connectivity index (χ0v) is 14.7. The van der Waals surface area contributed by atoms with Gasteiger partial charge in [0.25, 0.3) is 11.8 Å². The summed E-state index contributed by atoms with van der Waals surface area (Å²) < 4.78 is 27.5. The first kappa shape index (κ1) is 19.6. The standard InChI is InChI=1S/C16H13ClN2O6S/c17-12-7-6-11(8-13(12)26(18,23)24)16(22)25-9-14(20)19-15(21)10-4-2-1-3-5-10/h1-8H,9H2,(H2,18,23,24)(H,19,20,21). The molecule has 0 unspecified atom stereocenters. The van der Waals surface area contributed by atoms with Crippen molar-refractivity contribution in [2.45, 2.75) is 4.90 Å². The van der Waals surface area contributed by atoms with Crippen LogP contribution in [-0.4, -0.2) is 32.8 Å². The molecule has 2 aromatic carbocycles. The van der Waals surface area contributed by atoms with Crippen molar-refractivity contribution in [1.29, 1.82) is 0 Å². The first-order chi connectivity index (χ1) is 12.2. The number of benzene rings is 2. The van der Waals surface area contributed by atoms with Crippen molar-refractivity contribution in [3.63, 3.8) is 0 Å². The van der Waals surface area contributed by atoms with Crippen molar-refractivity contribution in [2.24, 2.45) is 5.14 Å². The average molecular weight is 397 g/mol. The molecule has 0 aromatic heterocycles. The fraction of sp³-hybridized carbons (Fsp3) is 0.0625. The number of nitrogens with two attached hydrogens (primary N) is 1. The first-order valence-corrected chi connectivity index (χ1v) is 8.99. The molecular formula is C16H13ClN2O6S. The van der Waals surface area contributed by atoms with Gasteiger partial charge in [0.05, 0.1) is 10.6 Å². The predicted octanol–water partition coefficient (Wildman–Crippen LogP) is 1.10. The second kappa shape index (κ2) is 8.09. The van der Waals surface area contributed by atoms with Gasteiger partial charge in [0.2, 0.25) is 10.0 Å². The second-order valence-corrected chi connectivity index (χ2v) is 6.95. The highest BCUT2D eigenvalue weighted by molar-refractivity contribution is 7.89. The largest absolute Gasteiger partial charge is 0.452 e. The summed E-state index contributed by atoms with van der Waals surface area (Å²) in [5.41, 5.74) is 0.100. The van der Waals surface area contributed by atoms with Gasteiger partial charge in [-0.1, -0.05) is 29.8 Å². The summed E-state index contributed by atoms with van der Waals surface area (Å²) in [4.78, 5) is 35.0. The second-order valence-electron chi connectivity index (χ2n) is 5.01. The number of esters is 1. The van der Waals surface area contributed by atoms with E-state index >= 15 is 0 Å². The molecule has 0 heterocycles. The highest BCUT2D eigenvalue weighted by Gasteiger charge is 2.18. The van der Waals surface area contributed by atoms with Gasteiger partial charge in [0, 0.05) is 5.56 Å². The van der Waals surface area contributed by atoms with Gasteiger partial charge in [-0.15, -0.1) is 0 Å². The molecule has 0 atom stereocenters. The number of ether oxygens (including phenoxy) is 1. The van der Waals surface area contributed by atoms with E-state index in [4.69, 9.17) is 21.5 Å². The van der Waals surface area contributed by atoms with E-state index in [0.29, 0.717) is 0 Å². The number of carbonyl (C=O) groups excluding carboxylic acids is 3. The van der Waals surface area contributed by atoms with Crippen LogP contribution in [0.4, 0.5) is 0 Å². The summed E-state index contributed by atoms with van der Waals surface area (Å²) in [6, 6.07) is 11.3. The van der Waals surface area contributed by atoms with E-state index in [9.17, 15) is 22.8 Å². The predicted molar refractivity (Wildman–Crippen MR) is 92.0 cm³/mol. The highest BCUT2D eigenvalue weighted by Crippen LogP contribution is 2.21. The maximum absolute atomic E-state index is 11.9. The zero-order valence-electron chi connectivity index (χ0n) is 13.1. The highest BCUT2D eigenvalue weighted by atomic mass is 35.5. The molecular weight excluding hydrogens is 384 g/mol. The van der Waals surface area contributed by atoms with E-state index in [-0.39, 0.29) is 16.1 Å². The summed E-state index contributed by atoms with van der Waals surface area (Å²) in [6.07, 6.45) is 0. The van der Waals surface area contributed by atoms with Crippen molar-refractivity contribution in [1.82, 2.24) is 5.32 Å². The molecule has 0 saturated heterocycles. The molecule has 26 heavy (non-hydrogen) atoms. The van der Waals surface area contributed by atoms with Gasteiger partial charge in [-0.25, -0.2) is 18.4 Å². The molecule has 136 valence electrons. The lowest BCUT2D eigenvalue weighted by molar-refractivity contribution is -0.123. The number of imide groups is 1. The van der Waals surface area contributed by atoms with Crippen LogP contribution >= 0.6 is 11.6 Å². The Balaban J connectivity index is 1.98. The zero-order chi connectivity index (χ0) is 19.3. The fourth-order valence-corrected chi connectivity index (χ4v) is 2.96. The molecule has 3 N–H and O–H groups in total. The lowest BCUT2D eigenvalue weighted by Crippen LogP contribution is -2.34. The first-order valence-electron chi connectivity index (χ1n) is 7.07. The fourth-order valence-electron chi connectivity index (χ4n) is 1.89. The number of carbonyl (C=O) groups is 3. The monoisotopic (exact) mass is 396 g/mol. The number of hydrogen-bond acceptors (Lipinski definition) is 6. The number of primary sulfonamides is 1.